The van der Waals surface area contributed by atoms with Gasteiger partial charge in [-0.1, -0.05) is 0 Å². The summed E-state index contributed by atoms with van der Waals surface area (Å²) in [6.07, 6.45) is 0. The van der Waals surface area contributed by atoms with Crippen molar-refractivity contribution in [2.75, 3.05) is 29.9 Å². The van der Waals surface area contributed by atoms with Gasteiger partial charge in [0.2, 0.25) is 0 Å². The summed E-state index contributed by atoms with van der Waals surface area (Å²) in [6.45, 7) is 7.97. The van der Waals surface area contributed by atoms with Gasteiger partial charge in [0.1, 0.15) is 0 Å². The smallest absolute Gasteiger partial charge is 0.254 e. The van der Waals surface area contributed by atoms with Gasteiger partial charge in [-0.15, -0.1) is 0 Å². The minimum Gasteiger partial charge on any atom is -0.385 e. The highest BCUT2D eigenvalue weighted by atomic mass is 32.2. The lowest BCUT2D eigenvalue weighted by molar-refractivity contribution is 0.0715. The Bertz CT molecular complexity index is 461. The molecule has 0 bridgehead atoms. The maximum Gasteiger partial charge on any atom is 0.254 e. The molecule has 104 valence electrons. The van der Waals surface area contributed by atoms with Gasteiger partial charge >= 0.3 is 0 Å². The summed E-state index contributed by atoms with van der Waals surface area (Å²) in [6, 6.07) is 6.33. The van der Waals surface area contributed by atoms with E-state index in [4.69, 9.17) is 0 Å². The molecule has 1 N–H and O–H groups in total. The van der Waals surface area contributed by atoms with Gasteiger partial charge in [-0.2, -0.15) is 11.8 Å². The average Bonchev–Trinajstić information content (AvgIpc) is 2.39. The molecule has 1 aliphatic heterocycles. The first-order valence-electron chi connectivity index (χ1n) is 6.86. The number of nitrogens with zero attached hydrogens (tertiary/aromatic N) is 1. The van der Waals surface area contributed by atoms with Crippen LogP contribution in [0.4, 0.5) is 5.69 Å². The van der Waals surface area contributed by atoms with E-state index in [1.807, 2.05) is 35.7 Å². The zero-order valence-electron chi connectivity index (χ0n) is 11.9. The predicted molar refractivity (Wildman–Crippen MR) is 83.2 cm³/mol. The molecule has 2 rings (SSSR count). The summed E-state index contributed by atoms with van der Waals surface area (Å²) in [4.78, 5) is 14.6. The number of thioether (sulfide) groups is 1. The molecule has 0 aliphatic carbocycles. The molecule has 19 heavy (non-hydrogen) atoms. The van der Waals surface area contributed by atoms with Crippen molar-refractivity contribution < 1.29 is 4.79 Å². The van der Waals surface area contributed by atoms with E-state index in [9.17, 15) is 4.79 Å². The third-order valence-corrected chi connectivity index (χ3v) is 4.66. The fraction of sp³-hybridized carbons (Fsp3) is 0.533. The lowest BCUT2D eigenvalue weighted by Crippen LogP contribution is -2.44. The van der Waals surface area contributed by atoms with Crippen LogP contribution < -0.4 is 5.32 Å². The first-order chi connectivity index (χ1) is 9.13. The highest BCUT2D eigenvalue weighted by Gasteiger charge is 2.25. The lowest BCUT2D eigenvalue weighted by Gasteiger charge is -2.33. The van der Waals surface area contributed by atoms with Crippen molar-refractivity contribution >= 4 is 23.4 Å². The molecular weight excluding hydrogens is 256 g/mol. The van der Waals surface area contributed by atoms with Crippen LogP contribution in [-0.2, 0) is 0 Å². The quantitative estimate of drug-likeness (QED) is 0.922. The van der Waals surface area contributed by atoms with Crippen molar-refractivity contribution in [2.24, 2.45) is 0 Å². The zero-order chi connectivity index (χ0) is 13.8. The van der Waals surface area contributed by atoms with Gasteiger partial charge in [-0.05, 0) is 44.5 Å². The van der Waals surface area contributed by atoms with Crippen LogP contribution >= 0.6 is 11.8 Å². The minimum atomic E-state index is 0.174. The minimum absolute atomic E-state index is 0.174. The summed E-state index contributed by atoms with van der Waals surface area (Å²) in [5.41, 5.74) is 2.97. The number of carbonyl (C=O) groups excluding carboxylic acids is 1. The number of hydrogen-bond acceptors (Lipinski definition) is 3. The molecule has 0 radical (unpaired) electrons. The van der Waals surface area contributed by atoms with Crippen LogP contribution in [-0.4, -0.2) is 41.4 Å². The molecule has 1 heterocycles. The van der Waals surface area contributed by atoms with Crippen LogP contribution in [0.5, 0.6) is 0 Å². The van der Waals surface area contributed by atoms with Crippen LogP contribution in [0.25, 0.3) is 0 Å². The SMILES string of the molecule is CCNc1ccc(C(=O)N2CCSCC2C)c(C)c1. The van der Waals surface area contributed by atoms with Gasteiger partial charge < -0.3 is 10.2 Å². The van der Waals surface area contributed by atoms with Crippen molar-refractivity contribution in [1.29, 1.82) is 0 Å². The van der Waals surface area contributed by atoms with Gasteiger partial charge in [-0.3, -0.25) is 4.79 Å². The summed E-state index contributed by atoms with van der Waals surface area (Å²) >= 11 is 1.93. The third kappa shape index (κ3) is 3.24. The van der Waals surface area contributed by atoms with Gasteiger partial charge in [0.15, 0.2) is 0 Å². The van der Waals surface area contributed by atoms with Crippen molar-refractivity contribution in [3.63, 3.8) is 0 Å². The van der Waals surface area contributed by atoms with Crippen LogP contribution in [0, 0.1) is 6.92 Å². The van der Waals surface area contributed by atoms with Crippen LogP contribution in [0.15, 0.2) is 18.2 Å². The van der Waals surface area contributed by atoms with E-state index in [-0.39, 0.29) is 5.91 Å². The standard InChI is InChI=1S/C15H22N2OS/c1-4-16-13-5-6-14(11(2)9-13)15(18)17-7-8-19-10-12(17)3/h5-6,9,12,16H,4,7-8,10H2,1-3H3. The molecule has 1 saturated heterocycles. The summed E-state index contributed by atoms with van der Waals surface area (Å²) in [5.74, 6) is 2.26. The van der Waals surface area contributed by atoms with Crippen LogP contribution in [0.1, 0.15) is 29.8 Å². The van der Waals surface area contributed by atoms with Gasteiger partial charge in [0, 0.05) is 41.9 Å². The maximum atomic E-state index is 12.6. The molecule has 1 atom stereocenters. The number of hydrogen-bond donors (Lipinski definition) is 1. The van der Waals surface area contributed by atoms with Crippen molar-refractivity contribution in [3.05, 3.63) is 29.3 Å². The number of carbonyl (C=O) groups is 1. The zero-order valence-corrected chi connectivity index (χ0v) is 12.7. The second-order valence-electron chi connectivity index (χ2n) is 4.98. The Balaban J connectivity index is 2.18. The molecule has 0 spiro atoms. The molecule has 1 unspecified atom stereocenters. The molecule has 1 amide bonds. The first kappa shape index (κ1) is 14.3. The van der Waals surface area contributed by atoms with E-state index >= 15 is 0 Å². The molecule has 0 saturated carbocycles. The van der Waals surface area contributed by atoms with Crippen LogP contribution in [0.3, 0.4) is 0 Å². The molecule has 3 nitrogen and oxygen atoms in total. The fourth-order valence-electron chi connectivity index (χ4n) is 2.40. The topological polar surface area (TPSA) is 32.3 Å². The van der Waals surface area contributed by atoms with Gasteiger partial charge in [-0.25, -0.2) is 0 Å². The van der Waals surface area contributed by atoms with E-state index in [1.54, 1.807) is 0 Å². The predicted octanol–water partition coefficient (Wildman–Crippen LogP) is 3.00. The fourth-order valence-corrected chi connectivity index (χ4v) is 3.41. The highest BCUT2D eigenvalue weighted by molar-refractivity contribution is 7.99. The van der Waals surface area contributed by atoms with Crippen molar-refractivity contribution in [2.45, 2.75) is 26.8 Å². The number of rotatable bonds is 3. The molecule has 1 fully saturated rings. The van der Waals surface area contributed by atoms with Crippen molar-refractivity contribution in [3.8, 4) is 0 Å². The second kappa shape index (κ2) is 6.33. The van der Waals surface area contributed by atoms with E-state index in [2.05, 4.69) is 25.2 Å². The molecule has 1 aliphatic rings. The summed E-state index contributed by atoms with van der Waals surface area (Å²) < 4.78 is 0. The monoisotopic (exact) mass is 278 g/mol. The Kier molecular flexibility index (Phi) is 4.75. The third-order valence-electron chi connectivity index (χ3n) is 3.47. The number of nitrogens with one attached hydrogen (secondary N) is 1. The van der Waals surface area contributed by atoms with E-state index in [1.165, 1.54) is 0 Å². The Morgan fingerprint density at radius 2 is 2.32 bits per heavy atom. The van der Waals surface area contributed by atoms with Crippen molar-refractivity contribution in [1.82, 2.24) is 4.90 Å². The first-order valence-corrected chi connectivity index (χ1v) is 8.02. The molecule has 4 heteroatoms. The number of anilines is 1. The number of amides is 1. The Hall–Kier alpha value is -1.16. The Morgan fingerprint density at radius 3 is 2.95 bits per heavy atom. The number of aryl methyl sites for hydroxylation is 1. The maximum absolute atomic E-state index is 12.6. The molecule has 0 aromatic heterocycles. The van der Waals surface area contributed by atoms with E-state index in [0.29, 0.717) is 6.04 Å². The van der Waals surface area contributed by atoms with E-state index in [0.717, 1.165) is 41.4 Å². The summed E-state index contributed by atoms with van der Waals surface area (Å²) in [5, 5.41) is 3.27. The lowest BCUT2D eigenvalue weighted by atomic mass is 10.1. The number of benzene rings is 1. The largest absolute Gasteiger partial charge is 0.385 e. The highest BCUT2D eigenvalue weighted by Crippen LogP contribution is 2.22. The normalized spacial score (nSPS) is 19.3. The van der Waals surface area contributed by atoms with Gasteiger partial charge in [0.25, 0.3) is 5.91 Å². The second-order valence-corrected chi connectivity index (χ2v) is 6.13. The van der Waals surface area contributed by atoms with Crippen LogP contribution in [0.2, 0.25) is 0 Å². The van der Waals surface area contributed by atoms with Gasteiger partial charge in [0.05, 0.1) is 0 Å². The molecule has 1 aromatic rings. The summed E-state index contributed by atoms with van der Waals surface area (Å²) in [7, 11) is 0. The molecule has 1 aromatic carbocycles. The Labute approximate surface area is 119 Å². The average molecular weight is 278 g/mol. The molecular formula is C15H22N2OS. The van der Waals surface area contributed by atoms with E-state index < -0.39 is 0 Å². The Morgan fingerprint density at radius 1 is 1.53 bits per heavy atom.